The van der Waals surface area contributed by atoms with Crippen LogP contribution in [0.25, 0.3) is 0 Å². The Morgan fingerprint density at radius 3 is 2.60 bits per heavy atom. The van der Waals surface area contributed by atoms with Crippen LogP contribution in [0, 0.1) is 11.6 Å². The minimum absolute atomic E-state index is 0.0472. The fraction of sp³-hybridized carbons (Fsp3) is 0.429. The molecule has 6 heteroatoms. The van der Waals surface area contributed by atoms with Gasteiger partial charge in [-0.3, -0.25) is 9.59 Å². The lowest BCUT2D eigenvalue weighted by Crippen LogP contribution is -2.41. The zero-order chi connectivity index (χ0) is 14.5. The Balaban J connectivity index is 2.16. The summed E-state index contributed by atoms with van der Waals surface area (Å²) < 4.78 is 26.6. The summed E-state index contributed by atoms with van der Waals surface area (Å²) in [6.45, 7) is 0. The summed E-state index contributed by atoms with van der Waals surface area (Å²) in [5, 5.41) is 5.06. The molecule has 0 heterocycles. The van der Waals surface area contributed by atoms with Crippen molar-refractivity contribution in [3.05, 3.63) is 35.4 Å². The lowest BCUT2D eigenvalue weighted by Gasteiger charge is -2.20. The average Bonchev–Trinajstić information content (AvgIpc) is 2.89. The zero-order valence-electron chi connectivity index (χ0n) is 10.9. The summed E-state index contributed by atoms with van der Waals surface area (Å²) >= 11 is 0. The van der Waals surface area contributed by atoms with Crippen molar-refractivity contribution in [1.82, 2.24) is 10.6 Å². The molecule has 0 saturated heterocycles. The minimum atomic E-state index is -1.14. The second kappa shape index (κ2) is 6.45. The van der Waals surface area contributed by atoms with Crippen molar-refractivity contribution < 1.29 is 18.4 Å². The van der Waals surface area contributed by atoms with Crippen LogP contribution in [0.15, 0.2) is 18.2 Å². The Labute approximate surface area is 115 Å². The van der Waals surface area contributed by atoms with Crippen molar-refractivity contribution in [1.29, 1.82) is 0 Å². The number of carbonyl (C=O) groups excluding carboxylic acids is 2. The lowest BCUT2D eigenvalue weighted by atomic mass is 10.0. The van der Waals surface area contributed by atoms with Crippen LogP contribution in [0.1, 0.15) is 37.3 Å². The fourth-order valence-electron chi connectivity index (χ4n) is 2.47. The monoisotopic (exact) mass is 282 g/mol. The first-order chi connectivity index (χ1) is 9.61. The molecule has 0 radical (unpaired) electrons. The number of hydrogen-bond acceptors (Lipinski definition) is 2. The molecule has 1 atom stereocenters. The molecule has 2 rings (SSSR count). The quantitative estimate of drug-likeness (QED) is 0.809. The van der Waals surface area contributed by atoms with Gasteiger partial charge in [-0.2, -0.15) is 0 Å². The van der Waals surface area contributed by atoms with Crippen molar-refractivity contribution in [3.8, 4) is 0 Å². The van der Waals surface area contributed by atoms with Gasteiger partial charge in [-0.05, 0) is 18.9 Å². The van der Waals surface area contributed by atoms with Crippen LogP contribution < -0.4 is 10.6 Å². The highest BCUT2D eigenvalue weighted by molar-refractivity contribution is 5.85. The van der Waals surface area contributed by atoms with Gasteiger partial charge in [-0.1, -0.05) is 18.9 Å². The summed E-state index contributed by atoms with van der Waals surface area (Å²) in [4.78, 5) is 22.8. The number of benzene rings is 1. The molecule has 1 saturated carbocycles. The topological polar surface area (TPSA) is 58.2 Å². The van der Waals surface area contributed by atoms with Gasteiger partial charge in [0, 0.05) is 17.7 Å². The van der Waals surface area contributed by atoms with Crippen molar-refractivity contribution in [2.24, 2.45) is 0 Å². The second-order valence-electron chi connectivity index (χ2n) is 4.87. The third-order valence-electron chi connectivity index (χ3n) is 3.47. The van der Waals surface area contributed by atoms with Crippen LogP contribution in [-0.2, 0) is 9.59 Å². The first-order valence-corrected chi connectivity index (χ1v) is 6.57. The molecule has 20 heavy (non-hydrogen) atoms. The van der Waals surface area contributed by atoms with Gasteiger partial charge in [0.2, 0.25) is 12.3 Å². The van der Waals surface area contributed by atoms with Gasteiger partial charge in [0.15, 0.2) is 0 Å². The Hall–Kier alpha value is -1.98. The first kappa shape index (κ1) is 14.4. The molecular formula is C14H16F2N2O2. The summed E-state index contributed by atoms with van der Waals surface area (Å²) in [7, 11) is 0. The van der Waals surface area contributed by atoms with E-state index in [2.05, 4.69) is 10.6 Å². The van der Waals surface area contributed by atoms with Gasteiger partial charge in [0.25, 0.3) is 0 Å². The normalized spacial score (nSPS) is 16.7. The van der Waals surface area contributed by atoms with Gasteiger partial charge in [0.1, 0.15) is 17.7 Å². The van der Waals surface area contributed by atoms with Gasteiger partial charge >= 0.3 is 0 Å². The summed E-state index contributed by atoms with van der Waals surface area (Å²) in [5.74, 6) is -2.06. The molecular weight excluding hydrogens is 266 g/mol. The molecule has 0 spiro atoms. The largest absolute Gasteiger partial charge is 0.351 e. The minimum Gasteiger partial charge on any atom is -0.351 e. The zero-order valence-corrected chi connectivity index (χ0v) is 10.9. The maximum absolute atomic E-state index is 13.7. The highest BCUT2D eigenvalue weighted by Crippen LogP contribution is 2.21. The van der Waals surface area contributed by atoms with E-state index in [1.54, 1.807) is 0 Å². The molecule has 4 nitrogen and oxygen atoms in total. The number of carbonyl (C=O) groups is 2. The maximum Gasteiger partial charge on any atom is 0.247 e. The van der Waals surface area contributed by atoms with Gasteiger partial charge < -0.3 is 10.6 Å². The third-order valence-corrected chi connectivity index (χ3v) is 3.47. The molecule has 1 unspecified atom stereocenters. The van der Waals surface area contributed by atoms with Crippen molar-refractivity contribution in [3.63, 3.8) is 0 Å². The van der Waals surface area contributed by atoms with E-state index < -0.39 is 23.6 Å². The lowest BCUT2D eigenvalue weighted by molar-refractivity contribution is -0.126. The molecule has 1 aromatic carbocycles. The van der Waals surface area contributed by atoms with E-state index >= 15 is 0 Å². The standard InChI is InChI=1S/C14H16F2N2O2/c15-9-5-6-11(12(16)7-9)13(17-8-19)14(20)18-10-3-1-2-4-10/h5-8,10,13H,1-4H2,(H,17,19)(H,18,20). The van der Waals surface area contributed by atoms with E-state index in [9.17, 15) is 18.4 Å². The van der Waals surface area contributed by atoms with Gasteiger partial charge in [0.05, 0.1) is 0 Å². The Kier molecular flexibility index (Phi) is 4.65. The molecule has 1 aliphatic carbocycles. The summed E-state index contributed by atoms with van der Waals surface area (Å²) in [6.07, 6.45) is 4.18. The summed E-state index contributed by atoms with van der Waals surface area (Å²) in [6, 6.07) is 1.83. The van der Waals surface area contributed by atoms with Gasteiger partial charge in [-0.25, -0.2) is 8.78 Å². The van der Waals surface area contributed by atoms with Crippen molar-refractivity contribution in [2.75, 3.05) is 0 Å². The van der Waals surface area contributed by atoms with E-state index in [1.807, 2.05) is 0 Å². The number of hydrogen-bond donors (Lipinski definition) is 2. The number of rotatable bonds is 5. The molecule has 2 amide bonds. The van der Waals surface area contributed by atoms with E-state index in [4.69, 9.17) is 0 Å². The van der Waals surface area contributed by atoms with Crippen LogP contribution in [0.5, 0.6) is 0 Å². The van der Waals surface area contributed by atoms with Crippen LogP contribution >= 0.6 is 0 Å². The predicted molar refractivity (Wildman–Crippen MR) is 68.7 cm³/mol. The van der Waals surface area contributed by atoms with Crippen molar-refractivity contribution in [2.45, 2.75) is 37.8 Å². The Morgan fingerprint density at radius 2 is 2.00 bits per heavy atom. The van der Waals surface area contributed by atoms with Gasteiger partial charge in [-0.15, -0.1) is 0 Å². The fourth-order valence-corrected chi connectivity index (χ4v) is 2.47. The average molecular weight is 282 g/mol. The molecule has 108 valence electrons. The first-order valence-electron chi connectivity index (χ1n) is 6.57. The molecule has 1 aromatic rings. The van der Waals surface area contributed by atoms with E-state index in [-0.39, 0.29) is 11.6 Å². The maximum atomic E-state index is 13.7. The Morgan fingerprint density at radius 1 is 1.30 bits per heavy atom. The predicted octanol–water partition coefficient (Wildman–Crippen LogP) is 1.81. The third kappa shape index (κ3) is 3.31. The molecule has 1 fully saturated rings. The number of nitrogens with one attached hydrogen (secondary N) is 2. The van der Waals surface area contributed by atoms with Crippen molar-refractivity contribution >= 4 is 12.3 Å². The van der Waals surface area contributed by atoms with Crippen LogP contribution in [-0.4, -0.2) is 18.4 Å². The molecule has 2 N–H and O–H groups in total. The smallest absolute Gasteiger partial charge is 0.247 e. The highest BCUT2D eigenvalue weighted by atomic mass is 19.1. The van der Waals surface area contributed by atoms with Crippen LogP contribution in [0.2, 0.25) is 0 Å². The van der Waals surface area contributed by atoms with Crippen LogP contribution in [0.4, 0.5) is 8.78 Å². The SMILES string of the molecule is O=CNC(C(=O)NC1CCCC1)c1ccc(F)cc1F. The Bertz CT molecular complexity index is 502. The molecule has 0 aliphatic heterocycles. The summed E-state index contributed by atoms with van der Waals surface area (Å²) in [5.41, 5.74) is -0.0472. The van der Waals surface area contributed by atoms with E-state index in [1.165, 1.54) is 6.07 Å². The second-order valence-corrected chi connectivity index (χ2v) is 4.87. The van der Waals surface area contributed by atoms with E-state index in [0.29, 0.717) is 12.5 Å². The molecule has 1 aliphatic rings. The number of halogens is 2. The highest BCUT2D eigenvalue weighted by Gasteiger charge is 2.26. The van der Waals surface area contributed by atoms with E-state index in [0.717, 1.165) is 31.7 Å². The molecule has 0 aromatic heterocycles. The number of amides is 2. The molecule has 0 bridgehead atoms. The van der Waals surface area contributed by atoms with Crippen LogP contribution in [0.3, 0.4) is 0 Å².